The Morgan fingerprint density at radius 3 is 2.50 bits per heavy atom. The van der Waals surface area contributed by atoms with E-state index in [0.29, 0.717) is 28.9 Å². The number of nitrogens with zero attached hydrogens (tertiary/aromatic N) is 2. The lowest BCUT2D eigenvalue weighted by Gasteiger charge is -2.17. The van der Waals surface area contributed by atoms with E-state index in [4.69, 9.17) is 11.6 Å². The molecule has 0 aliphatic carbocycles. The highest BCUT2D eigenvalue weighted by Gasteiger charge is 2.22. The summed E-state index contributed by atoms with van der Waals surface area (Å²) in [6.07, 6.45) is 1.20. The second-order valence-corrected chi connectivity index (χ2v) is 8.78. The zero-order valence-corrected chi connectivity index (χ0v) is 19.1. The highest BCUT2D eigenvalue weighted by molar-refractivity contribution is 9.10. The van der Waals surface area contributed by atoms with Crippen LogP contribution in [0.1, 0.15) is 18.4 Å². The number of halogens is 2. The van der Waals surface area contributed by atoms with Gasteiger partial charge in [-0.15, -0.1) is 21.8 Å². The molecule has 1 atom stereocenters. The van der Waals surface area contributed by atoms with E-state index in [1.807, 2.05) is 54.6 Å². The van der Waals surface area contributed by atoms with Gasteiger partial charge in [-0.2, -0.15) is 0 Å². The number of aromatic nitrogens is 2. The molecule has 0 saturated heterocycles. The molecule has 0 saturated carbocycles. The van der Waals surface area contributed by atoms with Gasteiger partial charge in [0.1, 0.15) is 11.0 Å². The van der Waals surface area contributed by atoms with E-state index in [2.05, 4.69) is 36.8 Å². The van der Waals surface area contributed by atoms with Gasteiger partial charge in [0.15, 0.2) is 0 Å². The molecule has 0 radical (unpaired) electrons. The molecule has 156 valence electrons. The number of hydrogen-bond donors (Lipinski definition) is 2. The smallest absolute Gasteiger partial charge is 0.249 e. The topological polar surface area (TPSA) is 84.0 Å². The van der Waals surface area contributed by atoms with Crippen LogP contribution in [0.25, 0.3) is 10.6 Å². The van der Waals surface area contributed by atoms with Crippen molar-refractivity contribution < 1.29 is 9.59 Å². The zero-order chi connectivity index (χ0) is 21.3. The quantitative estimate of drug-likeness (QED) is 0.413. The van der Waals surface area contributed by atoms with Crippen molar-refractivity contribution in [2.24, 2.45) is 0 Å². The van der Waals surface area contributed by atoms with Crippen LogP contribution in [0.2, 0.25) is 0 Å². The number of benzene rings is 2. The Balaban J connectivity index is 1.70. The maximum absolute atomic E-state index is 12.9. The number of rotatable bonds is 9. The maximum atomic E-state index is 12.9. The Morgan fingerprint density at radius 2 is 1.80 bits per heavy atom. The van der Waals surface area contributed by atoms with Crippen LogP contribution in [0.15, 0.2) is 59.1 Å². The average molecular weight is 508 g/mol. The lowest BCUT2D eigenvalue weighted by molar-refractivity contribution is -0.126. The first-order valence-corrected chi connectivity index (χ1v) is 11.5. The van der Waals surface area contributed by atoms with Crippen molar-refractivity contribution in [2.75, 3.05) is 11.2 Å². The number of carbonyl (C=O) groups is 2. The first-order valence-electron chi connectivity index (χ1n) is 9.34. The van der Waals surface area contributed by atoms with Gasteiger partial charge in [0.05, 0.1) is 0 Å². The molecule has 3 aromatic rings. The van der Waals surface area contributed by atoms with Crippen molar-refractivity contribution in [3.8, 4) is 10.6 Å². The number of nitrogens with one attached hydrogen (secondary N) is 2. The van der Waals surface area contributed by atoms with Gasteiger partial charge in [-0.3, -0.25) is 14.9 Å². The monoisotopic (exact) mass is 506 g/mol. The molecule has 0 aliphatic heterocycles. The van der Waals surface area contributed by atoms with Crippen LogP contribution in [0.4, 0.5) is 5.13 Å². The molecule has 1 heterocycles. The van der Waals surface area contributed by atoms with E-state index >= 15 is 0 Å². The molecule has 9 heteroatoms. The molecular formula is C21H20BrClN4O2S. The molecule has 0 spiro atoms. The number of anilines is 1. The van der Waals surface area contributed by atoms with E-state index in [1.54, 1.807) is 0 Å². The number of carbonyl (C=O) groups excluding carboxylic acids is 2. The number of hydrogen-bond acceptors (Lipinski definition) is 5. The molecule has 0 aliphatic rings. The lowest BCUT2D eigenvalue weighted by Crippen LogP contribution is -2.45. The number of amides is 2. The first kappa shape index (κ1) is 22.4. The third kappa shape index (κ3) is 6.62. The predicted octanol–water partition coefficient (Wildman–Crippen LogP) is 4.65. The van der Waals surface area contributed by atoms with Crippen LogP contribution in [-0.4, -0.2) is 33.9 Å². The van der Waals surface area contributed by atoms with Crippen molar-refractivity contribution >= 4 is 55.8 Å². The Labute approximate surface area is 192 Å². The maximum Gasteiger partial charge on any atom is 0.249 e. The molecule has 3 rings (SSSR count). The Kier molecular flexibility index (Phi) is 8.36. The summed E-state index contributed by atoms with van der Waals surface area (Å²) in [6, 6.07) is 16.5. The summed E-state index contributed by atoms with van der Waals surface area (Å²) in [4.78, 5) is 25.1. The molecule has 1 aromatic heterocycles. The minimum absolute atomic E-state index is 0.209. The Bertz CT molecular complexity index is 982. The van der Waals surface area contributed by atoms with E-state index < -0.39 is 6.04 Å². The molecule has 0 unspecified atom stereocenters. The minimum atomic E-state index is -0.727. The fourth-order valence-electron chi connectivity index (χ4n) is 2.73. The van der Waals surface area contributed by atoms with Gasteiger partial charge in [-0.1, -0.05) is 69.7 Å². The van der Waals surface area contributed by atoms with Crippen LogP contribution in [-0.2, 0) is 16.0 Å². The normalized spacial score (nSPS) is 11.7. The summed E-state index contributed by atoms with van der Waals surface area (Å²) in [7, 11) is 0. The van der Waals surface area contributed by atoms with Crippen molar-refractivity contribution in [3.63, 3.8) is 0 Å². The summed E-state index contributed by atoms with van der Waals surface area (Å²) in [5.41, 5.74) is 1.86. The van der Waals surface area contributed by atoms with Gasteiger partial charge in [0, 0.05) is 28.8 Å². The highest BCUT2D eigenvalue weighted by atomic mass is 79.9. The average Bonchev–Trinajstić information content (AvgIpc) is 3.21. The molecule has 2 amide bonds. The van der Waals surface area contributed by atoms with Gasteiger partial charge in [0.25, 0.3) is 0 Å². The van der Waals surface area contributed by atoms with Crippen molar-refractivity contribution in [1.29, 1.82) is 0 Å². The van der Waals surface area contributed by atoms with Gasteiger partial charge in [0.2, 0.25) is 16.9 Å². The highest BCUT2D eigenvalue weighted by Crippen LogP contribution is 2.27. The van der Waals surface area contributed by atoms with Crippen LogP contribution in [0.5, 0.6) is 0 Å². The third-order valence-corrected chi connectivity index (χ3v) is 5.90. The van der Waals surface area contributed by atoms with Crippen LogP contribution >= 0.6 is 38.9 Å². The summed E-state index contributed by atoms with van der Waals surface area (Å²) >= 11 is 10.3. The van der Waals surface area contributed by atoms with Crippen molar-refractivity contribution in [2.45, 2.75) is 25.3 Å². The fraction of sp³-hybridized carbons (Fsp3) is 0.238. The van der Waals surface area contributed by atoms with Crippen molar-refractivity contribution in [1.82, 2.24) is 15.5 Å². The SMILES string of the molecule is O=C(CCCCl)N[C@H](Cc1ccccc1)C(=O)Nc1nnc(-c2ccc(Br)cc2)s1. The lowest BCUT2D eigenvalue weighted by atomic mass is 10.1. The van der Waals surface area contributed by atoms with E-state index in [-0.39, 0.29) is 18.2 Å². The van der Waals surface area contributed by atoms with Crippen molar-refractivity contribution in [3.05, 3.63) is 64.6 Å². The fourth-order valence-corrected chi connectivity index (χ4v) is 3.88. The predicted molar refractivity (Wildman–Crippen MR) is 124 cm³/mol. The molecule has 0 fully saturated rings. The van der Waals surface area contributed by atoms with E-state index in [9.17, 15) is 9.59 Å². The van der Waals surface area contributed by atoms with Crippen LogP contribution in [0, 0.1) is 0 Å². The summed E-state index contributed by atoms with van der Waals surface area (Å²) < 4.78 is 0.970. The second-order valence-electron chi connectivity index (χ2n) is 6.51. The van der Waals surface area contributed by atoms with Gasteiger partial charge in [-0.25, -0.2) is 0 Å². The summed E-state index contributed by atoms with van der Waals surface area (Å²) in [5, 5.41) is 14.9. The zero-order valence-electron chi connectivity index (χ0n) is 16.0. The third-order valence-electron chi connectivity index (χ3n) is 4.22. The standard InChI is InChI=1S/C21H20BrClN4O2S/c22-16-10-8-15(9-11-16)20-26-27-21(30-20)25-19(29)17(24-18(28)7-4-12-23)13-14-5-2-1-3-6-14/h1-3,5-6,8-11,17H,4,7,12-13H2,(H,24,28)(H,25,27,29)/t17-/m1/s1. The molecule has 0 bridgehead atoms. The Morgan fingerprint density at radius 1 is 1.07 bits per heavy atom. The van der Waals surface area contributed by atoms with Gasteiger partial charge >= 0.3 is 0 Å². The molecule has 2 aromatic carbocycles. The van der Waals surface area contributed by atoms with E-state index in [0.717, 1.165) is 15.6 Å². The van der Waals surface area contributed by atoms with Gasteiger partial charge < -0.3 is 5.32 Å². The molecular weight excluding hydrogens is 488 g/mol. The van der Waals surface area contributed by atoms with Crippen LogP contribution in [0.3, 0.4) is 0 Å². The number of alkyl halides is 1. The molecule has 6 nitrogen and oxygen atoms in total. The van der Waals surface area contributed by atoms with E-state index in [1.165, 1.54) is 11.3 Å². The summed E-state index contributed by atoms with van der Waals surface area (Å²) in [5.74, 6) is -0.150. The summed E-state index contributed by atoms with van der Waals surface area (Å²) in [6.45, 7) is 0. The largest absolute Gasteiger partial charge is 0.344 e. The Hall–Kier alpha value is -2.29. The second kappa shape index (κ2) is 11.2. The first-order chi connectivity index (χ1) is 14.5. The molecule has 2 N–H and O–H groups in total. The minimum Gasteiger partial charge on any atom is -0.344 e. The van der Waals surface area contributed by atoms with Gasteiger partial charge in [-0.05, 0) is 24.1 Å². The van der Waals surface area contributed by atoms with Crippen LogP contribution < -0.4 is 10.6 Å². The molecule has 30 heavy (non-hydrogen) atoms.